The van der Waals surface area contributed by atoms with Gasteiger partial charge in [-0.2, -0.15) is 0 Å². The highest BCUT2D eigenvalue weighted by atomic mass is 32.1. The average Bonchev–Trinajstić information content (AvgIpc) is 3.33. The van der Waals surface area contributed by atoms with Crippen LogP contribution in [0.3, 0.4) is 0 Å². The molecule has 134 valence electrons. The summed E-state index contributed by atoms with van der Waals surface area (Å²) in [5, 5.41) is 17.7. The third-order valence-electron chi connectivity index (χ3n) is 3.65. The first-order valence-electron chi connectivity index (χ1n) is 7.83. The fourth-order valence-electron chi connectivity index (χ4n) is 2.33. The number of nitro benzene ring substituents is 1. The Balaban J connectivity index is 1.75. The Bertz CT molecular complexity index is 892. The predicted octanol–water partition coefficient (Wildman–Crippen LogP) is 4.47. The first-order chi connectivity index (χ1) is 12.5. The first kappa shape index (κ1) is 18.1. The molecule has 0 spiro atoms. The number of rotatable bonds is 7. The van der Waals surface area contributed by atoms with Crippen LogP contribution in [0, 0.1) is 10.1 Å². The van der Waals surface area contributed by atoms with Crippen molar-refractivity contribution in [1.29, 1.82) is 0 Å². The fourth-order valence-corrected chi connectivity index (χ4v) is 3.73. The summed E-state index contributed by atoms with van der Waals surface area (Å²) >= 11 is 3.02. The van der Waals surface area contributed by atoms with Crippen LogP contribution in [0.5, 0.6) is 5.75 Å². The van der Waals surface area contributed by atoms with Gasteiger partial charge in [0.15, 0.2) is 6.10 Å². The Morgan fingerprint density at radius 2 is 2.00 bits per heavy atom. The SMILES string of the molecule is C[C@H](Oc1ccc([N+](=O)[O-])cc1-c1cccs1)C(=O)NCc1cccs1. The highest BCUT2D eigenvalue weighted by Gasteiger charge is 2.19. The molecule has 1 N–H and O–H groups in total. The van der Waals surface area contributed by atoms with Crippen LogP contribution in [0.15, 0.2) is 53.2 Å². The largest absolute Gasteiger partial charge is 0.480 e. The van der Waals surface area contributed by atoms with Crippen molar-refractivity contribution < 1.29 is 14.5 Å². The molecule has 2 aromatic heterocycles. The second-order valence-corrected chi connectivity index (χ2v) is 7.45. The number of nitrogens with zero attached hydrogens (tertiary/aromatic N) is 1. The monoisotopic (exact) mass is 388 g/mol. The van der Waals surface area contributed by atoms with Gasteiger partial charge in [-0.25, -0.2) is 0 Å². The number of amides is 1. The Morgan fingerprint density at radius 3 is 2.65 bits per heavy atom. The van der Waals surface area contributed by atoms with Gasteiger partial charge in [0, 0.05) is 27.5 Å². The fraction of sp³-hybridized carbons (Fsp3) is 0.167. The molecule has 3 aromatic rings. The second-order valence-electron chi connectivity index (χ2n) is 5.47. The van der Waals surface area contributed by atoms with E-state index in [-0.39, 0.29) is 11.6 Å². The molecule has 0 fully saturated rings. The van der Waals surface area contributed by atoms with Gasteiger partial charge in [0.05, 0.1) is 11.5 Å². The summed E-state index contributed by atoms with van der Waals surface area (Å²) in [5.74, 6) is 0.200. The molecule has 0 aliphatic carbocycles. The van der Waals surface area contributed by atoms with E-state index in [0.717, 1.165) is 9.75 Å². The molecule has 3 rings (SSSR count). The van der Waals surface area contributed by atoms with Crippen LogP contribution in [0.1, 0.15) is 11.8 Å². The number of nitro groups is 1. The van der Waals surface area contributed by atoms with Gasteiger partial charge in [0.25, 0.3) is 11.6 Å². The molecule has 6 nitrogen and oxygen atoms in total. The van der Waals surface area contributed by atoms with Crippen molar-refractivity contribution in [3.63, 3.8) is 0 Å². The van der Waals surface area contributed by atoms with E-state index in [2.05, 4.69) is 5.32 Å². The third kappa shape index (κ3) is 4.27. The van der Waals surface area contributed by atoms with Crippen molar-refractivity contribution in [2.75, 3.05) is 0 Å². The van der Waals surface area contributed by atoms with Crippen molar-refractivity contribution >= 4 is 34.3 Å². The highest BCUT2D eigenvalue weighted by molar-refractivity contribution is 7.13. The summed E-state index contributed by atoms with van der Waals surface area (Å²) in [5.41, 5.74) is 0.586. The first-order valence-corrected chi connectivity index (χ1v) is 9.59. The molecule has 0 bridgehead atoms. The number of ether oxygens (including phenoxy) is 1. The zero-order valence-electron chi connectivity index (χ0n) is 13.9. The van der Waals surface area contributed by atoms with E-state index in [9.17, 15) is 14.9 Å². The molecule has 2 heterocycles. The minimum atomic E-state index is -0.727. The van der Waals surface area contributed by atoms with E-state index in [4.69, 9.17) is 4.74 Å². The molecule has 0 aliphatic rings. The number of benzene rings is 1. The molecular weight excluding hydrogens is 372 g/mol. The van der Waals surface area contributed by atoms with E-state index in [1.807, 2.05) is 35.0 Å². The molecule has 0 aliphatic heterocycles. The standard InChI is InChI=1S/C18H16N2O4S2/c1-12(18(21)19-11-14-4-2-8-25-14)24-16-7-6-13(20(22)23)10-15(16)17-5-3-9-26-17/h2-10,12H,11H2,1H3,(H,19,21)/t12-/m0/s1. The van der Waals surface area contributed by atoms with E-state index >= 15 is 0 Å². The second kappa shape index (κ2) is 8.11. The summed E-state index contributed by atoms with van der Waals surface area (Å²) in [6, 6.07) is 12.0. The number of thiophene rings is 2. The van der Waals surface area contributed by atoms with Gasteiger partial charge in [-0.15, -0.1) is 22.7 Å². The van der Waals surface area contributed by atoms with Crippen LogP contribution in [-0.2, 0) is 11.3 Å². The predicted molar refractivity (Wildman–Crippen MR) is 103 cm³/mol. The molecule has 26 heavy (non-hydrogen) atoms. The van der Waals surface area contributed by atoms with Crippen molar-refractivity contribution in [2.45, 2.75) is 19.6 Å². The van der Waals surface area contributed by atoms with Crippen molar-refractivity contribution in [1.82, 2.24) is 5.32 Å². The molecule has 0 saturated heterocycles. The Morgan fingerprint density at radius 1 is 1.23 bits per heavy atom. The minimum Gasteiger partial charge on any atom is -0.480 e. The number of hydrogen-bond donors (Lipinski definition) is 1. The number of hydrogen-bond acceptors (Lipinski definition) is 6. The van der Waals surface area contributed by atoms with Crippen LogP contribution in [-0.4, -0.2) is 16.9 Å². The summed E-state index contributed by atoms with van der Waals surface area (Å²) in [6.07, 6.45) is -0.727. The molecule has 1 atom stereocenters. The van der Waals surface area contributed by atoms with Crippen LogP contribution < -0.4 is 10.1 Å². The van der Waals surface area contributed by atoms with Gasteiger partial charge in [-0.1, -0.05) is 12.1 Å². The normalized spacial score (nSPS) is 11.7. The summed E-state index contributed by atoms with van der Waals surface area (Å²) in [6.45, 7) is 2.10. The lowest BCUT2D eigenvalue weighted by molar-refractivity contribution is -0.384. The summed E-state index contributed by atoms with van der Waals surface area (Å²) in [4.78, 5) is 24.8. The van der Waals surface area contributed by atoms with E-state index in [1.165, 1.54) is 29.5 Å². The smallest absolute Gasteiger partial charge is 0.270 e. The van der Waals surface area contributed by atoms with Gasteiger partial charge in [-0.3, -0.25) is 14.9 Å². The van der Waals surface area contributed by atoms with Crippen LogP contribution in [0.2, 0.25) is 0 Å². The quantitative estimate of drug-likeness (QED) is 0.478. The van der Waals surface area contributed by atoms with Crippen molar-refractivity contribution in [3.8, 4) is 16.2 Å². The summed E-state index contributed by atoms with van der Waals surface area (Å²) < 4.78 is 5.81. The number of carbonyl (C=O) groups excluding carboxylic acids is 1. The number of nitrogens with one attached hydrogen (secondary N) is 1. The zero-order valence-corrected chi connectivity index (χ0v) is 15.5. The highest BCUT2D eigenvalue weighted by Crippen LogP contribution is 2.36. The molecular formula is C18H16N2O4S2. The van der Waals surface area contributed by atoms with Crippen LogP contribution in [0.4, 0.5) is 5.69 Å². The van der Waals surface area contributed by atoms with E-state index < -0.39 is 11.0 Å². The van der Waals surface area contributed by atoms with Crippen LogP contribution >= 0.6 is 22.7 Å². The van der Waals surface area contributed by atoms with Gasteiger partial charge in [0.1, 0.15) is 5.75 Å². The van der Waals surface area contributed by atoms with E-state index in [1.54, 1.807) is 18.3 Å². The number of non-ortho nitro benzene ring substituents is 1. The Labute approximate surface area is 158 Å². The minimum absolute atomic E-state index is 0.0180. The number of carbonyl (C=O) groups is 1. The maximum Gasteiger partial charge on any atom is 0.270 e. The van der Waals surface area contributed by atoms with Gasteiger partial charge >= 0.3 is 0 Å². The average molecular weight is 388 g/mol. The lowest BCUT2D eigenvalue weighted by Gasteiger charge is -2.16. The summed E-state index contributed by atoms with van der Waals surface area (Å²) in [7, 11) is 0. The third-order valence-corrected chi connectivity index (χ3v) is 5.43. The Kier molecular flexibility index (Phi) is 5.65. The zero-order chi connectivity index (χ0) is 18.5. The maximum atomic E-state index is 12.3. The van der Waals surface area contributed by atoms with Crippen molar-refractivity contribution in [3.05, 3.63) is 68.2 Å². The molecule has 0 saturated carbocycles. The van der Waals surface area contributed by atoms with E-state index in [0.29, 0.717) is 17.9 Å². The van der Waals surface area contributed by atoms with Gasteiger partial charge < -0.3 is 10.1 Å². The van der Waals surface area contributed by atoms with Crippen LogP contribution in [0.25, 0.3) is 10.4 Å². The Hall–Kier alpha value is -2.71. The molecule has 0 radical (unpaired) electrons. The molecule has 0 unspecified atom stereocenters. The van der Waals surface area contributed by atoms with Crippen molar-refractivity contribution in [2.24, 2.45) is 0 Å². The van der Waals surface area contributed by atoms with Gasteiger partial charge in [0.2, 0.25) is 0 Å². The molecule has 1 amide bonds. The topological polar surface area (TPSA) is 81.5 Å². The maximum absolute atomic E-state index is 12.3. The molecule has 1 aromatic carbocycles. The lowest BCUT2D eigenvalue weighted by Crippen LogP contribution is -2.35. The van der Waals surface area contributed by atoms with Gasteiger partial charge in [-0.05, 0) is 35.9 Å². The molecule has 8 heteroatoms. The lowest BCUT2D eigenvalue weighted by atomic mass is 10.1.